The van der Waals surface area contributed by atoms with Gasteiger partial charge < -0.3 is 20.7 Å². The SMILES string of the molecule is CCOc1ccc(NC(=O)c2c(NC(=O)CNCCc3ccccc3)sc3c2CCC3)cc1. The third kappa shape index (κ3) is 6.00. The fourth-order valence-corrected chi connectivity index (χ4v) is 5.28. The van der Waals surface area contributed by atoms with Crippen LogP contribution in [-0.2, 0) is 24.1 Å². The third-order valence-electron chi connectivity index (χ3n) is 5.54. The number of aryl methyl sites for hydroxylation is 1. The van der Waals surface area contributed by atoms with E-state index in [9.17, 15) is 9.59 Å². The summed E-state index contributed by atoms with van der Waals surface area (Å²) in [6.45, 7) is 3.44. The first-order chi connectivity index (χ1) is 16.1. The van der Waals surface area contributed by atoms with Crippen LogP contribution in [0.2, 0.25) is 0 Å². The maximum absolute atomic E-state index is 13.2. The predicted octanol–water partition coefficient (Wildman–Crippen LogP) is 4.66. The fraction of sp³-hybridized carbons (Fsp3) is 0.308. The molecule has 3 N–H and O–H groups in total. The molecule has 2 aromatic carbocycles. The molecule has 4 rings (SSSR count). The van der Waals surface area contributed by atoms with E-state index in [0.29, 0.717) is 29.4 Å². The quantitative estimate of drug-likeness (QED) is 0.382. The molecule has 0 aliphatic heterocycles. The number of rotatable bonds is 10. The van der Waals surface area contributed by atoms with Crippen LogP contribution in [0.4, 0.5) is 10.7 Å². The Labute approximate surface area is 198 Å². The lowest BCUT2D eigenvalue weighted by atomic mass is 10.1. The Morgan fingerprint density at radius 1 is 1.00 bits per heavy atom. The molecule has 0 spiro atoms. The highest BCUT2D eigenvalue weighted by Gasteiger charge is 2.27. The first-order valence-corrected chi connectivity index (χ1v) is 12.2. The monoisotopic (exact) mass is 463 g/mol. The minimum absolute atomic E-state index is 0.141. The Kier molecular flexibility index (Phi) is 7.75. The second-order valence-electron chi connectivity index (χ2n) is 7.93. The summed E-state index contributed by atoms with van der Waals surface area (Å²) in [4.78, 5) is 26.9. The lowest BCUT2D eigenvalue weighted by molar-refractivity contribution is -0.115. The molecule has 0 saturated heterocycles. The Bertz CT molecular complexity index is 1090. The molecule has 0 bridgehead atoms. The Hall–Kier alpha value is -3.16. The van der Waals surface area contributed by atoms with Gasteiger partial charge in [0.15, 0.2) is 0 Å². The van der Waals surface area contributed by atoms with Crippen molar-refractivity contribution in [1.29, 1.82) is 0 Å². The Morgan fingerprint density at radius 3 is 2.55 bits per heavy atom. The summed E-state index contributed by atoms with van der Waals surface area (Å²) in [5.41, 5.74) is 3.59. The van der Waals surface area contributed by atoms with Gasteiger partial charge >= 0.3 is 0 Å². The number of ether oxygens (including phenoxy) is 1. The van der Waals surface area contributed by atoms with Crippen LogP contribution in [0.1, 0.15) is 39.7 Å². The molecule has 1 aliphatic rings. The summed E-state index contributed by atoms with van der Waals surface area (Å²) in [7, 11) is 0. The van der Waals surface area contributed by atoms with Crippen molar-refractivity contribution in [1.82, 2.24) is 5.32 Å². The molecule has 1 aromatic heterocycles. The number of hydrogen-bond donors (Lipinski definition) is 3. The zero-order valence-electron chi connectivity index (χ0n) is 18.8. The van der Waals surface area contributed by atoms with Crippen LogP contribution < -0.4 is 20.7 Å². The normalized spacial score (nSPS) is 12.3. The topological polar surface area (TPSA) is 79.5 Å². The average Bonchev–Trinajstić information content (AvgIpc) is 3.40. The van der Waals surface area contributed by atoms with Gasteiger partial charge in [0.25, 0.3) is 5.91 Å². The van der Waals surface area contributed by atoms with E-state index in [0.717, 1.165) is 37.0 Å². The van der Waals surface area contributed by atoms with Gasteiger partial charge in [-0.25, -0.2) is 0 Å². The van der Waals surface area contributed by atoms with E-state index in [1.807, 2.05) is 49.4 Å². The first kappa shape index (κ1) is 23.0. The zero-order valence-corrected chi connectivity index (χ0v) is 19.6. The molecule has 0 fully saturated rings. The van der Waals surface area contributed by atoms with Crippen molar-refractivity contribution in [2.75, 3.05) is 30.3 Å². The van der Waals surface area contributed by atoms with Gasteiger partial charge in [-0.05, 0) is 74.5 Å². The highest BCUT2D eigenvalue weighted by atomic mass is 32.1. The van der Waals surface area contributed by atoms with E-state index in [1.165, 1.54) is 21.8 Å². The number of thiophene rings is 1. The van der Waals surface area contributed by atoms with Gasteiger partial charge in [0.1, 0.15) is 10.8 Å². The predicted molar refractivity (Wildman–Crippen MR) is 134 cm³/mol. The van der Waals surface area contributed by atoms with E-state index >= 15 is 0 Å². The van der Waals surface area contributed by atoms with Gasteiger partial charge in [-0.15, -0.1) is 11.3 Å². The molecule has 1 aliphatic carbocycles. The lowest BCUT2D eigenvalue weighted by Crippen LogP contribution is -2.30. The van der Waals surface area contributed by atoms with Crippen LogP contribution in [0.3, 0.4) is 0 Å². The van der Waals surface area contributed by atoms with Crippen LogP contribution in [0.15, 0.2) is 54.6 Å². The van der Waals surface area contributed by atoms with Crippen molar-refractivity contribution in [2.24, 2.45) is 0 Å². The smallest absolute Gasteiger partial charge is 0.258 e. The minimum atomic E-state index is -0.189. The van der Waals surface area contributed by atoms with E-state index in [1.54, 1.807) is 0 Å². The Balaban J connectivity index is 1.37. The number of carbonyl (C=O) groups excluding carboxylic acids is 2. The number of benzene rings is 2. The maximum Gasteiger partial charge on any atom is 0.258 e. The number of hydrogen-bond acceptors (Lipinski definition) is 5. The van der Waals surface area contributed by atoms with E-state index in [4.69, 9.17) is 4.74 Å². The highest BCUT2D eigenvalue weighted by Crippen LogP contribution is 2.39. The molecule has 1 heterocycles. The van der Waals surface area contributed by atoms with Crippen molar-refractivity contribution in [3.8, 4) is 5.75 Å². The van der Waals surface area contributed by atoms with Gasteiger partial charge in [-0.3, -0.25) is 9.59 Å². The fourth-order valence-electron chi connectivity index (χ4n) is 3.98. The molecule has 6 nitrogen and oxygen atoms in total. The molecular weight excluding hydrogens is 434 g/mol. The summed E-state index contributed by atoms with van der Waals surface area (Å²) in [6, 6.07) is 17.5. The van der Waals surface area contributed by atoms with E-state index in [2.05, 4.69) is 28.1 Å². The summed E-state index contributed by atoms with van der Waals surface area (Å²) in [5, 5.41) is 9.76. The highest BCUT2D eigenvalue weighted by molar-refractivity contribution is 7.17. The van der Waals surface area contributed by atoms with Gasteiger partial charge in [-0.2, -0.15) is 0 Å². The van der Waals surface area contributed by atoms with Gasteiger partial charge in [0, 0.05) is 10.6 Å². The van der Waals surface area contributed by atoms with Crippen LogP contribution in [0.5, 0.6) is 5.75 Å². The van der Waals surface area contributed by atoms with Gasteiger partial charge in [0.2, 0.25) is 5.91 Å². The van der Waals surface area contributed by atoms with Crippen LogP contribution >= 0.6 is 11.3 Å². The van der Waals surface area contributed by atoms with Gasteiger partial charge in [-0.1, -0.05) is 30.3 Å². The molecule has 0 saturated carbocycles. The maximum atomic E-state index is 13.2. The average molecular weight is 464 g/mol. The standard InChI is InChI=1S/C26H29N3O3S/c1-2-32-20-13-11-19(12-14-20)28-25(31)24-21-9-6-10-22(21)33-26(24)29-23(30)17-27-16-15-18-7-4-3-5-8-18/h3-5,7-8,11-14,27H,2,6,9-10,15-17H2,1H3,(H,28,31)(H,29,30). The van der Waals surface area contributed by atoms with Crippen LogP contribution in [0, 0.1) is 0 Å². The Morgan fingerprint density at radius 2 is 1.79 bits per heavy atom. The third-order valence-corrected chi connectivity index (χ3v) is 6.75. The first-order valence-electron chi connectivity index (χ1n) is 11.4. The minimum Gasteiger partial charge on any atom is -0.494 e. The van der Waals surface area contributed by atoms with Crippen LogP contribution in [-0.4, -0.2) is 31.5 Å². The number of anilines is 2. The number of carbonyl (C=O) groups is 2. The second kappa shape index (κ2) is 11.1. The van der Waals surface area contributed by atoms with Crippen molar-refractivity contribution < 1.29 is 14.3 Å². The summed E-state index contributed by atoms with van der Waals surface area (Å²) in [6.07, 6.45) is 3.72. The van der Waals surface area contributed by atoms with Crippen molar-refractivity contribution in [3.63, 3.8) is 0 Å². The molecule has 3 aromatic rings. The van der Waals surface area contributed by atoms with E-state index < -0.39 is 0 Å². The molecule has 0 unspecified atom stereocenters. The largest absolute Gasteiger partial charge is 0.494 e. The summed E-state index contributed by atoms with van der Waals surface area (Å²) in [5.74, 6) is 0.434. The molecule has 0 radical (unpaired) electrons. The number of fused-ring (bicyclic) bond motifs is 1. The second-order valence-corrected chi connectivity index (χ2v) is 9.04. The van der Waals surface area contributed by atoms with Crippen molar-refractivity contribution in [3.05, 3.63) is 76.2 Å². The van der Waals surface area contributed by atoms with E-state index in [-0.39, 0.29) is 18.4 Å². The summed E-state index contributed by atoms with van der Waals surface area (Å²) >= 11 is 1.52. The molecule has 2 amide bonds. The lowest BCUT2D eigenvalue weighted by Gasteiger charge is -2.11. The molecule has 33 heavy (non-hydrogen) atoms. The summed E-state index contributed by atoms with van der Waals surface area (Å²) < 4.78 is 5.46. The molecule has 7 heteroatoms. The van der Waals surface area contributed by atoms with Crippen molar-refractivity contribution in [2.45, 2.75) is 32.6 Å². The molecular formula is C26H29N3O3S. The molecule has 172 valence electrons. The van der Waals surface area contributed by atoms with Crippen LogP contribution in [0.25, 0.3) is 0 Å². The number of nitrogens with one attached hydrogen (secondary N) is 3. The number of amides is 2. The zero-order chi connectivity index (χ0) is 23.0. The molecule has 0 atom stereocenters. The van der Waals surface area contributed by atoms with Gasteiger partial charge in [0.05, 0.1) is 18.7 Å². The van der Waals surface area contributed by atoms with Crippen molar-refractivity contribution >= 4 is 33.8 Å².